The maximum Gasteiger partial charge on any atom is 0.416 e. The fraction of sp³-hybridized carbons (Fsp3) is 0.167. The van der Waals surface area contributed by atoms with Crippen molar-refractivity contribution in [1.29, 1.82) is 0 Å². The van der Waals surface area contributed by atoms with Gasteiger partial charge in [0.2, 0.25) is 18.4 Å². The molecule has 90 valence electrons. The van der Waals surface area contributed by atoms with Gasteiger partial charge in [-0.25, -0.2) is 0 Å². The molecule has 0 aliphatic rings. The third-order valence-electron chi connectivity index (χ3n) is 1.33. The topological polar surface area (TPSA) is 74.2 Å². The molecule has 10 heteroatoms. The number of aromatic nitrogens is 1. The van der Waals surface area contributed by atoms with E-state index in [0.717, 1.165) is 0 Å². The van der Waals surface area contributed by atoms with Gasteiger partial charge >= 0.3 is 6.18 Å². The quantitative estimate of drug-likeness (QED) is 0.488. The van der Waals surface area contributed by atoms with E-state index in [2.05, 4.69) is 21.3 Å². The number of rotatable bonds is 2. The summed E-state index contributed by atoms with van der Waals surface area (Å²) in [6.07, 6.45) is -4.71. The first-order valence-corrected chi connectivity index (χ1v) is 6.55. The standard InChI is InChI=1S/C6H6F4N3OPS/c7-4-1-3(6(8,9)10)2-5(13-4)14-15(11,12)16/h1-2H,(H4,11,12,16). The van der Waals surface area contributed by atoms with Crippen molar-refractivity contribution in [3.63, 3.8) is 0 Å². The molecule has 1 rings (SSSR count). The molecular weight excluding hydrogens is 269 g/mol. The zero-order chi connectivity index (χ0) is 12.6. The van der Waals surface area contributed by atoms with Crippen molar-refractivity contribution in [1.82, 2.24) is 4.98 Å². The van der Waals surface area contributed by atoms with Crippen LogP contribution in [0.5, 0.6) is 5.88 Å². The second-order valence-electron chi connectivity index (χ2n) is 2.75. The van der Waals surface area contributed by atoms with E-state index < -0.39 is 30.1 Å². The molecule has 0 saturated carbocycles. The summed E-state index contributed by atoms with van der Waals surface area (Å²) in [5.74, 6) is -2.03. The highest BCUT2D eigenvalue weighted by molar-refractivity contribution is 8.10. The fourth-order valence-corrected chi connectivity index (χ4v) is 1.44. The van der Waals surface area contributed by atoms with Crippen molar-refractivity contribution in [3.8, 4) is 5.88 Å². The number of hydrogen-bond donors (Lipinski definition) is 2. The molecule has 0 radical (unpaired) electrons. The lowest BCUT2D eigenvalue weighted by Crippen LogP contribution is -2.13. The van der Waals surface area contributed by atoms with E-state index in [1.165, 1.54) is 0 Å². The summed E-state index contributed by atoms with van der Waals surface area (Å²) in [6, 6.07) is 0.702. The van der Waals surface area contributed by atoms with Crippen LogP contribution in [-0.2, 0) is 18.0 Å². The van der Waals surface area contributed by atoms with Crippen molar-refractivity contribution in [2.45, 2.75) is 6.18 Å². The van der Waals surface area contributed by atoms with Crippen LogP contribution in [0.15, 0.2) is 12.1 Å². The van der Waals surface area contributed by atoms with Gasteiger partial charge in [0.15, 0.2) is 0 Å². The Morgan fingerprint density at radius 2 is 1.88 bits per heavy atom. The molecule has 16 heavy (non-hydrogen) atoms. The highest BCUT2D eigenvalue weighted by Crippen LogP contribution is 2.34. The van der Waals surface area contributed by atoms with Crippen LogP contribution in [-0.4, -0.2) is 4.98 Å². The van der Waals surface area contributed by atoms with Crippen LogP contribution >= 0.6 is 6.57 Å². The third kappa shape index (κ3) is 4.01. The van der Waals surface area contributed by atoms with E-state index in [9.17, 15) is 17.6 Å². The fourth-order valence-electron chi connectivity index (χ4n) is 0.829. The van der Waals surface area contributed by atoms with Gasteiger partial charge in [-0.1, -0.05) is 0 Å². The summed E-state index contributed by atoms with van der Waals surface area (Å²) in [4.78, 5) is 3.04. The molecule has 0 amide bonds. The summed E-state index contributed by atoms with van der Waals surface area (Å²) < 4.78 is 54.0. The van der Waals surface area contributed by atoms with Crippen molar-refractivity contribution < 1.29 is 22.1 Å². The molecule has 4 nitrogen and oxygen atoms in total. The largest absolute Gasteiger partial charge is 0.423 e. The van der Waals surface area contributed by atoms with Crippen molar-refractivity contribution in [3.05, 3.63) is 23.6 Å². The molecule has 1 aromatic heterocycles. The number of pyridine rings is 1. The molecule has 4 N–H and O–H groups in total. The van der Waals surface area contributed by atoms with Gasteiger partial charge in [0, 0.05) is 12.1 Å². The molecule has 0 aromatic carbocycles. The minimum absolute atomic E-state index is 0.226. The molecule has 0 fully saturated rings. The number of nitrogens with two attached hydrogens (primary N) is 2. The summed E-state index contributed by atoms with van der Waals surface area (Å²) in [6.45, 7) is -3.24. The Morgan fingerprint density at radius 3 is 2.31 bits per heavy atom. The predicted molar refractivity (Wildman–Crippen MR) is 52.5 cm³/mol. The van der Waals surface area contributed by atoms with Gasteiger partial charge in [0.1, 0.15) is 0 Å². The van der Waals surface area contributed by atoms with Gasteiger partial charge in [-0.3, -0.25) is 11.0 Å². The normalized spacial score (nSPS) is 12.6. The van der Waals surface area contributed by atoms with Crippen LogP contribution in [0.1, 0.15) is 5.56 Å². The zero-order valence-electron chi connectivity index (χ0n) is 7.53. The van der Waals surface area contributed by atoms with Gasteiger partial charge in [-0.2, -0.15) is 22.5 Å². The maximum atomic E-state index is 12.7. The van der Waals surface area contributed by atoms with Crippen LogP contribution in [0.25, 0.3) is 0 Å². The van der Waals surface area contributed by atoms with Gasteiger partial charge in [0.25, 0.3) is 0 Å². The SMILES string of the molecule is NP(N)(=S)Oc1cc(C(F)(F)F)cc(F)n1. The van der Waals surface area contributed by atoms with Crippen LogP contribution in [0, 0.1) is 5.95 Å². The molecule has 0 aliphatic heterocycles. The van der Waals surface area contributed by atoms with E-state index in [1.807, 2.05) is 0 Å². The van der Waals surface area contributed by atoms with E-state index in [4.69, 9.17) is 11.0 Å². The number of alkyl halides is 3. The highest BCUT2D eigenvalue weighted by atomic mass is 32.4. The van der Waals surface area contributed by atoms with Crippen molar-refractivity contribution in [2.24, 2.45) is 11.0 Å². The number of halogens is 4. The van der Waals surface area contributed by atoms with Gasteiger partial charge in [-0.05, 0) is 11.8 Å². The van der Waals surface area contributed by atoms with Gasteiger partial charge < -0.3 is 4.52 Å². The molecule has 1 heterocycles. The Hall–Kier alpha value is -0.760. The monoisotopic (exact) mass is 275 g/mol. The molecule has 0 atom stereocenters. The van der Waals surface area contributed by atoms with Crippen LogP contribution in [0.4, 0.5) is 17.6 Å². The highest BCUT2D eigenvalue weighted by Gasteiger charge is 2.32. The second-order valence-corrected chi connectivity index (χ2v) is 5.94. The minimum atomic E-state index is -4.71. The minimum Gasteiger partial charge on any atom is -0.423 e. The molecular formula is C6H6F4N3OPS. The molecule has 0 bridgehead atoms. The first-order chi connectivity index (χ1) is 7.08. The summed E-state index contributed by atoms with van der Waals surface area (Å²) in [5, 5.41) is 0. The Balaban J connectivity index is 3.14. The molecule has 0 aliphatic carbocycles. The summed E-state index contributed by atoms with van der Waals surface area (Å²) in [5.41, 5.74) is 8.98. The lowest BCUT2D eigenvalue weighted by molar-refractivity contribution is -0.137. The number of hydrogen-bond acceptors (Lipinski definition) is 3. The van der Waals surface area contributed by atoms with Crippen LogP contribution < -0.4 is 15.5 Å². The van der Waals surface area contributed by atoms with E-state index in [0.29, 0.717) is 6.07 Å². The van der Waals surface area contributed by atoms with Gasteiger partial charge in [0.05, 0.1) is 5.56 Å². The average Bonchev–Trinajstić information content (AvgIpc) is 1.97. The van der Waals surface area contributed by atoms with Gasteiger partial charge in [-0.15, -0.1) is 0 Å². The predicted octanol–water partition coefficient (Wildman–Crippen LogP) is 1.76. The van der Waals surface area contributed by atoms with Crippen LogP contribution in [0.3, 0.4) is 0 Å². The average molecular weight is 275 g/mol. The Kier molecular flexibility index (Phi) is 3.53. The van der Waals surface area contributed by atoms with E-state index >= 15 is 0 Å². The zero-order valence-corrected chi connectivity index (χ0v) is 9.24. The van der Waals surface area contributed by atoms with Crippen molar-refractivity contribution >= 4 is 18.4 Å². The number of nitrogens with zero attached hydrogens (tertiary/aromatic N) is 1. The Morgan fingerprint density at radius 1 is 1.31 bits per heavy atom. The molecule has 0 saturated heterocycles. The van der Waals surface area contributed by atoms with Crippen LogP contribution in [0.2, 0.25) is 0 Å². The third-order valence-corrected chi connectivity index (χ3v) is 2.03. The van der Waals surface area contributed by atoms with Crippen molar-refractivity contribution in [2.75, 3.05) is 0 Å². The lowest BCUT2D eigenvalue weighted by atomic mass is 10.2. The smallest absolute Gasteiger partial charge is 0.416 e. The first-order valence-electron chi connectivity index (χ1n) is 3.69. The Labute approximate surface area is 92.8 Å². The van der Waals surface area contributed by atoms with E-state index in [-0.39, 0.29) is 6.07 Å². The summed E-state index contributed by atoms with van der Waals surface area (Å²) >= 11 is 4.45. The summed E-state index contributed by atoms with van der Waals surface area (Å²) in [7, 11) is 0. The second kappa shape index (κ2) is 4.25. The Bertz CT molecular complexity index is 446. The molecule has 0 unspecified atom stereocenters. The molecule has 0 spiro atoms. The first kappa shape index (κ1) is 13.3. The van der Waals surface area contributed by atoms with E-state index in [1.54, 1.807) is 0 Å². The lowest BCUT2D eigenvalue weighted by Gasteiger charge is -2.13. The maximum absolute atomic E-state index is 12.7. The molecule has 1 aromatic rings.